The fourth-order valence-corrected chi connectivity index (χ4v) is 2.75. The van der Waals surface area contributed by atoms with Crippen molar-refractivity contribution in [1.29, 1.82) is 0 Å². The Morgan fingerprint density at radius 3 is 2.73 bits per heavy atom. The van der Waals surface area contributed by atoms with E-state index in [1.54, 1.807) is 0 Å². The summed E-state index contributed by atoms with van der Waals surface area (Å²) < 4.78 is 1.90. The lowest BCUT2D eigenvalue weighted by Crippen LogP contribution is -2.06. The zero-order chi connectivity index (χ0) is 11.0. The predicted octanol–water partition coefficient (Wildman–Crippen LogP) is 3.23. The van der Waals surface area contributed by atoms with Gasteiger partial charge >= 0.3 is 0 Å². The van der Waals surface area contributed by atoms with Gasteiger partial charge in [-0.2, -0.15) is 0 Å². The number of anilines is 1. The van der Waals surface area contributed by atoms with Gasteiger partial charge in [-0.1, -0.05) is 21.1 Å². The van der Waals surface area contributed by atoms with E-state index in [1.165, 1.54) is 0 Å². The summed E-state index contributed by atoms with van der Waals surface area (Å²) in [6, 6.07) is 1.95. The zero-order valence-corrected chi connectivity index (χ0v) is 11.4. The van der Waals surface area contributed by atoms with Gasteiger partial charge in [0, 0.05) is 20.9 Å². The Balaban J connectivity index is 2.63. The van der Waals surface area contributed by atoms with Gasteiger partial charge in [0.15, 0.2) is 0 Å². The molecule has 3 nitrogen and oxygen atoms in total. The number of hydrogen-bond acceptors (Lipinski definition) is 3. The first-order valence-corrected chi connectivity index (χ1v) is 6.13. The summed E-state index contributed by atoms with van der Waals surface area (Å²) in [6.07, 6.45) is 0.813. The predicted molar refractivity (Wildman–Crippen MR) is 68.1 cm³/mol. The maximum Gasteiger partial charge on any atom is 0.122 e. The molecule has 0 fully saturated rings. The first kappa shape index (κ1) is 11.0. The summed E-state index contributed by atoms with van der Waals surface area (Å²) in [6.45, 7) is 2.65. The van der Waals surface area contributed by atoms with E-state index in [0.717, 1.165) is 37.9 Å². The van der Waals surface area contributed by atoms with Crippen molar-refractivity contribution in [2.45, 2.75) is 13.3 Å². The van der Waals surface area contributed by atoms with Gasteiger partial charge in [-0.3, -0.25) is 0 Å². The molecule has 0 spiro atoms. The third-order valence-electron chi connectivity index (χ3n) is 2.41. The highest BCUT2D eigenvalue weighted by atomic mass is 79.9. The molecular weight excluding hydrogens is 324 g/mol. The van der Waals surface area contributed by atoms with Crippen molar-refractivity contribution in [3.8, 4) is 0 Å². The lowest BCUT2D eigenvalue weighted by Gasteiger charge is -2.11. The molecule has 0 unspecified atom stereocenters. The van der Waals surface area contributed by atoms with E-state index in [0.29, 0.717) is 6.61 Å². The summed E-state index contributed by atoms with van der Waals surface area (Å²) in [5.74, 6) is 0. The molecule has 5 heteroatoms. The summed E-state index contributed by atoms with van der Waals surface area (Å²) >= 11 is 6.92. The third-order valence-corrected chi connectivity index (χ3v) is 3.89. The quantitative estimate of drug-likeness (QED) is 0.802. The molecular formula is C10H10Br2N2O. The van der Waals surface area contributed by atoms with Crippen LogP contribution in [-0.4, -0.2) is 12.3 Å². The minimum Gasteiger partial charge on any atom is -0.397 e. The number of nitrogen functional groups attached to an aromatic ring is 1. The molecule has 80 valence electrons. The molecule has 0 amide bonds. The topological polar surface area (TPSA) is 47.6 Å². The SMILES string of the molecule is Cc1c(Br)cc(Br)c(N)c1C1=NOCC1. The number of nitrogens with zero attached hydrogens (tertiary/aromatic N) is 1. The van der Waals surface area contributed by atoms with Crippen LogP contribution in [0.2, 0.25) is 0 Å². The zero-order valence-electron chi connectivity index (χ0n) is 8.18. The summed E-state index contributed by atoms with van der Waals surface area (Å²) in [5.41, 5.74) is 9.75. The van der Waals surface area contributed by atoms with Crippen LogP contribution in [0.4, 0.5) is 5.69 Å². The van der Waals surface area contributed by atoms with Gasteiger partial charge in [0.25, 0.3) is 0 Å². The van der Waals surface area contributed by atoms with Crippen LogP contribution in [0.5, 0.6) is 0 Å². The van der Waals surface area contributed by atoms with Crippen LogP contribution in [0, 0.1) is 6.92 Å². The maximum absolute atomic E-state index is 6.03. The first-order chi connectivity index (χ1) is 7.11. The summed E-state index contributed by atoms with van der Waals surface area (Å²) in [5, 5.41) is 4.00. The second-order valence-corrected chi connectivity index (χ2v) is 5.08. The lowest BCUT2D eigenvalue weighted by molar-refractivity contribution is 0.174. The van der Waals surface area contributed by atoms with E-state index >= 15 is 0 Å². The summed E-state index contributed by atoms with van der Waals surface area (Å²) in [7, 11) is 0. The highest BCUT2D eigenvalue weighted by molar-refractivity contribution is 9.11. The minimum atomic E-state index is 0.637. The summed E-state index contributed by atoms with van der Waals surface area (Å²) in [4.78, 5) is 5.00. The Kier molecular flexibility index (Phi) is 3.02. The fraction of sp³-hybridized carbons (Fsp3) is 0.300. The number of hydrogen-bond donors (Lipinski definition) is 1. The first-order valence-electron chi connectivity index (χ1n) is 4.54. The van der Waals surface area contributed by atoms with E-state index in [-0.39, 0.29) is 0 Å². The molecule has 0 saturated carbocycles. The van der Waals surface area contributed by atoms with Crippen LogP contribution in [0.3, 0.4) is 0 Å². The largest absolute Gasteiger partial charge is 0.397 e. The lowest BCUT2D eigenvalue weighted by atomic mass is 10.0. The molecule has 1 aromatic carbocycles. The molecule has 0 radical (unpaired) electrons. The van der Waals surface area contributed by atoms with Crippen molar-refractivity contribution >= 4 is 43.3 Å². The Morgan fingerprint density at radius 2 is 2.13 bits per heavy atom. The average Bonchev–Trinajstić information content (AvgIpc) is 2.69. The molecule has 1 aliphatic heterocycles. The van der Waals surface area contributed by atoms with E-state index in [2.05, 4.69) is 37.0 Å². The van der Waals surface area contributed by atoms with Crippen LogP contribution in [0.15, 0.2) is 20.2 Å². The Hall–Kier alpha value is -0.550. The highest BCUT2D eigenvalue weighted by Gasteiger charge is 2.19. The van der Waals surface area contributed by atoms with Crippen molar-refractivity contribution in [2.75, 3.05) is 12.3 Å². The third kappa shape index (κ3) is 1.90. The second-order valence-electron chi connectivity index (χ2n) is 3.38. The average molecular weight is 334 g/mol. The molecule has 1 aromatic rings. The van der Waals surface area contributed by atoms with Crippen molar-refractivity contribution in [1.82, 2.24) is 0 Å². The van der Waals surface area contributed by atoms with Crippen LogP contribution in [0.1, 0.15) is 17.5 Å². The van der Waals surface area contributed by atoms with Crippen molar-refractivity contribution in [3.05, 3.63) is 26.1 Å². The van der Waals surface area contributed by atoms with E-state index in [1.807, 2.05) is 13.0 Å². The normalized spacial score (nSPS) is 15.0. The Labute approximate surface area is 105 Å². The maximum atomic E-state index is 6.03. The molecule has 0 aromatic heterocycles. The molecule has 1 aliphatic rings. The van der Waals surface area contributed by atoms with Crippen LogP contribution in [-0.2, 0) is 4.84 Å². The molecule has 0 bridgehead atoms. The molecule has 0 atom stereocenters. The van der Waals surface area contributed by atoms with E-state index in [4.69, 9.17) is 10.6 Å². The van der Waals surface area contributed by atoms with Crippen molar-refractivity contribution in [3.63, 3.8) is 0 Å². The number of oxime groups is 1. The van der Waals surface area contributed by atoms with Crippen LogP contribution < -0.4 is 5.73 Å². The van der Waals surface area contributed by atoms with E-state index < -0.39 is 0 Å². The van der Waals surface area contributed by atoms with Gasteiger partial charge < -0.3 is 10.6 Å². The number of rotatable bonds is 1. The van der Waals surface area contributed by atoms with Gasteiger partial charge in [-0.05, 0) is 34.5 Å². The van der Waals surface area contributed by atoms with Gasteiger partial charge in [0.2, 0.25) is 0 Å². The van der Waals surface area contributed by atoms with E-state index in [9.17, 15) is 0 Å². The van der Waals surface area contributed by atoms with Gasteiger partial charge in [-0.15, -0.1) is 0 Å². The van der Waals surface area contributed by atoms with Gasteiger partial charge in [-0.25, -0.2) is 0 Å². The minimum absolute atomic E-state index is 0.637. The monoisotopic (exact) mass is 332 g/mol. The molecule has 0 saturated heterocycles. The van der Waals surface area contributed by atoms with Crippen LogP contribution >= 0.6 is 31.9 Å². The van der Waals surface area contributed by atoms with Gasteiger partial charge in [0.05, 0.1) is 11.4 Å². The fourth-order valence-electron chi connectivity index (χ4n) is 1.59. The highest BCUT2D eigenvalue weighted by Crippen LogP contribution is 2.34. The number of nitrogens with two attached hydrogens (primary N) is 1. The second kappa shape index (κ2) is 4.14. The standard InChI is InChI=1S/C10H10Br2N2O/c1-5-6(11)4-7(12)10(13)9(5)8-2-3-15-14-8/h4H,2-3,13H2,1H3. The Bertz CT molecular complexity index is 417. The van der Waals surface area contributed by atoms with Crippen molar-refractivity contribution in [2.24, 2.45) is 5.16 Å². The molecule has 0 aliphatic carbocycles. The molecule has 2 rings (SSSR count). The molecule has 15 heavy (non-hydrogen) atoms. The van der Waals surface area contributed by atoms with Crippen molar-refractivity contribution < 1.29 is 4.84 Å². The molecule has 1 heterocycles. The van der Waals surface area contributed by atoms with Gasteiger partial charge in [0.1, 0.15) is 6.61 Å². The molecule has 2 N–H and O–H groups in total. The smallest absolute Gasteiger partial charge is 0.122 e. The number of halogens is 2. The van der Waals surface area contributed by atoms with Crippen LogP contribution in [0.25, 0.3) is 0 Å². The Morgan fingerprint density at radius 1 is 1.40 bits per heavy atom. The number of benzene rings is 1.